The van der Waals surface area contributed by atoms with Gasteiger partial charge in [0.15, 0.2) is 22.3 Å². The normalized spacial score (nSPS) is 22.2. The summed E-state index contributed by atoms with van der Waals surface area (Å²) >= 11 is 5.69. The number of fused-ring (bicyclic) bond motifs is 4. The van der Waals surface area contributed by atoms with Crippen LogP contribution in [0.1, 0.15) is 49.2 Å². The number of hydrogen-bond donors (Lipinski definition) is 1. The van der Waals surface area contributed by atoms with Crippen LogP contribution >= 0.6 is 12.2 Å². The van der Waals surface area contributed by atoms with Crippen LogP contribution in [0, 0.1) is 0 Å². The zero-order chi connectivity index (χ0) is 20.6. The number of esters is 1. The number of rotatable bonds is 5. The molecular formula is C22H24N2O4S. The largest absolute Gasteiger partial charge is 0.490 e. The Balaban J connectivity index is 1.69. The Hall–Kier alpha value is -2.80. The summed E-state index contributed by atoms with van der Waals surface area (Å²) in [5.74, 6) is 1.14. The van der Waals surface area contributed by atoms with Gasteiger partial charge in [-0.3, -0.25) is 4.90 Å². The first-order valence-corrected chi connectivity index (χ1v) is 10.2. The molecule has 0 saturated carbocycles. The fraction of sp³-hybridized carbons (Fsp3) is 0.364. The van der Waals surface area contributed by atoms with Crippen LogP contribution in [0.5, 0.6) is 11.5 Å². The number of anilines is 1. The van der Waals surface area contributed by atoms with Crippen molar-refractivity contribution in [2.75, 3.05) is 18.1 Å². The highest BCUT2D eigenvalue weighted by molar-refractivity contribution is 7.80. The van der Waals surface area contributed by atoms with Crippen molar-refractivity contribution in [1.82, 2.24) is 5.32 Å². The number of hydrogen-bond acceptors (Lipinski definition) is 5. The van der Waals surface area contributed by atoms with Crippen molar-refractivity contribution < 1.29 is 19.0 Å². The Bertz CT molecular complexity index is 946. The Morgan fingerprint density at radius 1 is 1.24 bits per heavy atom. The van der Waals surface area contributed by atoms with Gasteiger partial charge in [0.05, 0.1) is 24.8 Å². The van der Waals surface area contributed by atoms with Gasteiger partial charge in [0.2, 0.25) is 0 Å². The third-order valence-corrected chi connectivity index (χ3v) is 5.50. The average Bonchev–Trinajstić information content (AvgIpc) is 2.69. The molecule has 0 amide bonds. The molecule has 0 aliphatic carbocycles. The Morgan fingerprint density at radius 3 is 2.69 bits per heavy atom. The van der Waals surface area contributed by atoms with Crippen molar-refractivity contribution in [2.45, 2.75) is 39.0 Å². The lowest BCUT2D eigenvalue weighted by molar-refractivity contribution is 0.0457. The summed E-state index contributed by atoms with van der Waals surface area (Å²) in [5, 5.41) is 4.02. The van der Waals surface area contributed by atoms with E-state index in [-0.39, 0.29) is 12.0 Å². The minimum Gasteiger partial charge on any atom is -0.490 e. The molecule has 2 aliphatic rings. The van der Waals surface area contributed by atoms with E-state index in [0.29, 0.717) is 23.9 Å². The van der Waals surface area contributed by atoms with Crippen LogP contribution in [0.3, 0.4) is 0 Å². The first kappa shape index (κ1) is 19.5. The summed E-state index contributed by atoms with van der Waals surface area (Å²) in [6, 6.07) is 13.2. The van der Waals surface area contributed by atoms with Crippen LogP contribution in [-0.2, 0) is 4.74 Å². The van der Waals surface area contributed by atoms with Gasteiger partial charge in [0.1, 0.15) is 0 Å². The summed E-state index contributed by atoms with van der Waals surface area (Å²) in [6.45, 7) is 6.67. The SMILES string of the molecule is CCOC(=O)c1ccc(N2C(=S)NC3CC2(C)Oc2c(OCC)cccc23)cc1. The molecular weight excluding hydrogens is 388 g/mol. The average molecular weight is 413 g/mol. The second-order valence-electron chi connectivity index (χ2n) is 7.19. The summed E-state index contributed by atoms with van der Waals surface area (Å²) in [7, 11) is 0. The number of benzene rings is 2. The van der Waals surface area contributed by atoms with Gasteiger partial charge in [-0.2, -0.15) is 0 Å². The Morgan fingerprint density at radius 2 is 2.00 bits per heavy atom. The zero-order valence-corrected chi connectivity index (χ0v) is 17.5. The molecule has 2 aromatic carbocycles. The molecule has 29 heavy (non-hydrogen) atoms. The number of carbonyl (C=O) groups is 1. The maximum absolute atomic E-state index is 12.0. The van der Waals surface area contributed by atoms with Crippen molar-refractivity contribution in [1.29, 1.82) is 0 Å². The highest BCUT2D eigenvalue weighted by Crippen LogP contribution is 2.49. The van der Waals surface area contributed by atoms with E-state index in [0.717, 1.165) is 29.2 Å². The fourth-order valence-corrected chi connectivity index (χ4v) is 4.42. The summed E-state index contributed by atoms with van der Waals surface area (Å²) in [6.07, 6.45) is 0.718. The van der Waals surface area contributed by atoms with Gasteiger partial charge in [-0.1, -0.05) is 12.1 Å². The summed E-state index contributed by atoms with van der Waals surface area (Å²) < 4.78 is 17.4. The number of para-hydroxylation sites is 1. The van der Waals surface area contributed by atoms with E-state index in [1.54, 1.807) is 19.1 Å². The third kappa shape index (κ3) is 3.40. The summed E-state index contributed by atoms with van der Waals surface area (Å²) in [5.41, 5.74) is 1.71. The Labute approximate surface area is 175 Å². The van der Waals surface area contributed by atoms with E-state index in [2.05, 4.69) is 5.32 Å². The lowest BCUT2D eigenvalue weighted by Gasteiger charge is -2.52. The highest BCUT2D eigenvalue weighted by Gasteiger charge is 2.49. The molecule has 7 heteroatoms. The molecule has 4 rings (SSSR count). The van der Waals surface area contributed by atoms with Gasteiger partial charge in [0, 0.05) is 17.7 Å². The predicted molar refractivity (Wildman–Crippen MR) is 115 cm³/mol. The maximum Gasteiger partial charge on any atom is 0.338 e. The van der Waals surface area contributed by atoms with E-state index < -0.39 is 5.72 Å². The molecule has 0 aromatic heterocycles. The van der Waals surface area contributed by atoms with Crippen LogP contribution in [0.25, 0.3) is 0 Å². The van der Waals surface area contributed by atoms with Gasteiger partial charge in [-0.05, 0) is 63.3 Å². The first-order chi connectivity index (χ1) is 14.0. The number of nitrogens with zero attached hydrogens (tertiary/aromatic N) is 1. The molecule has 2 heterocycles. The van der Waals surface area contributed by atoms with Crippen molar-refractivity contribution in [3.8, 4) is 11.5 Å². The van der Waals surface area contributed by atoms with Crippen LogP contribution in [0.2, 0.25) is 0 Å². The second-order valence-corrected chi connectivity index (χ2v) is 7.58. The van der Waals surface area contributed by atoms with E-state index in [9.17, 15) is 4.79 Å². The monoisotopic (exact) mass is 412 g/mol. The number of nitrogens with one attached hydrogen (secondary N) is 1. The second kappa shape index (κ2) is 7.55. The molecule has 0 spiro atoms. The number of carbonyl (C=O) groups excluding carboxylic acids is 1. The van der Waals surface area contributed by atoms with Crippen molar-refractivity contribution >= 4 is 29.0 Å². The molecule has 2 atom stereocenters. The van der Waals surface area contributed by atoms with Gasteiger partial charge in [-0.25, -0.2) is 4.79 Å². The molecule has 2 unspecified atom stereocenters. The van der Waals surface area contributed by atoms with Crippen LogP contribution in [0.4, 0.5) is 5.69 Å². The molecule has 152 valence electrons. The molecule has 2 aromatic rings. The van der Waals surface area contributed by atoms with E-state index >= 15 is 0 Å². The topological polar surface area (TPSA) is 60.0 Å². The van der Waals surface area contributed by atoms with Gasteiger partial charge in [0.25, 0.3) is 0 Å². The standard InChI is InChI=1S/C22H24N2O4S/c1-4-26-18-8-6-7-16-17-13-22(3,28-19(16)18)24(21(29)23-17)15-11-9-14(10-12-15)20(25)27-5-2/h6-12,17H,4-5,13H2,1-3H3,(H,23,29). The zero-order valence-electron chi connectivity index (χ0n) is 16.7. The third-order valence-electron chi connectivity index (χ3n) is 5.20. The lowest BCUT2D eigenvalue weighted by Crippen LogP contribution is -2.65. The number of thiocarbonyl (C=S) groups is 1. The smallest absolute Gasteiger partial charge is 0.338 e. The highest BCUT2D eigenvalue weighted by atomic mass is 32.1. The molecule has 2 bridgehead atoms. The molecule has 1 N–H and O–H groups in total. The minimum atomic E-state index is -0.682. The molecule has 0 radical (unpaired) electrons. The van der Waals surface area contributed by atoms with E-state index in [1.165, 1.54) is 0 Å². The summed E-state index contributed by atoms with van der Waals surface area (Å²) in [4.78, 5) is 13.9. The molecule has 1 fully saturated rings. The molecule has 1 saturated heterocycles. The fourth-order valence-electron chi connectivity index (χ4n) is 3.98. The van der Waals surface area contributed by atoms with E-state index in [4.69, 9.17) is 26.4 Å². The van der Waals surface area contributed by atoms with Gasteiger partial charge < -0.3 is 19.5 Å². The Kier molecular flexibility index (Phi) is 5.08. The van der Waals surface area contributed by atoms with Crippen LogP contribution in [-0.4, -0.2) is 30.0 Å². The van der Waals surface area contributed by atoms with Gasteiger partial charge in [-0.15, -0.1) is 0 Å². The maximum atomic E-state index is 12.0. The number of ether oxygens (including phenoxy) is 3. The lowest BCUT2D eigenvalue weighted by atomic mass is 9.90. The van der Waals surface area contributed by atoms with Crippen molar-refractivity contribution in [3.05, 3.63) is 53.6 Å². The predicted octanol–water partition coefficient (Wildman–Crippen LogP) is 4.20. The first-order valence-electron chi connectivity index (χ1n) is 9.79. The van der Waals surface area contributed by atoms with Crippen molar-refractivity contribution in [3.63, 3.8) is 0 Å². The molecule has 6 nitrogen and oxygen atoms in total. The minimum absolute atomic E-state index is 0.0479. The van der Waals surface area contributed by atoms with Crippen molar-refractivity contribution in [2.24, 2.45) is 0 Å². The van der Waals surface area contributed by atoms with Gasteiger partial charge >= 0.3 is 5.97 Å². The molecule has 2 aliphatic heterocycles. The van der Waals surface area contributed by atoms with E-state index in [1.807, 2.05) is 49.1 Å². The van der Waals surface area contributed by atoms with Crippen LogP contribution < -0.4 is 19.7 Å². The quantitative estimate of drug-likeness (QED) is 0.583. The van der Waals surface area contributed by atoms with Crippen LogP contribution in [0.15, 0.2) is 42.5 Å².